The predicted octanol–water partition coefficient (Wildman–Crippen LogP) is 0.109. The van der Waals surface area contributed by atoms with Gasteiger partial charge in [0.1, 0.15) is 6.10 Å². The Bertz CT molecular complexity index is 187. The van der Waals surface area contributed by atoms with E-state index in [0.29, 0.717) is 6.42 Å². The topological polar surface area (TPSA) is 69.9 Å². The Morgan fingerprint density at radius 2 is 1.86 bits per heavy atom. The van der Waals surface area contributed by atoms with Gasteiger partial charge in [-0.25, -0.2) is 0 Å². The molecule has 0 aromatic rings. The first-order valence-corrected chi connectivity index (χ1v) is 4.98. The van der Waals surface area contributed by atoms with Gasteiger partial charge in [-0.05, 0) is 17.8 Å². The maximum absolute atomic E-state index is 9.47. The van der Waals surface area contributed by atoms with Gasteiger partial charge in [0.2, 0.25) is 0 Å². The average molecular weight is 204 g/mol. The zero-order valence-corrected chi connectivity index (χ0v) is 8.97. The number of ether oxygens (including phenoxy) is 1. The molecule has 2 unspecified atom stereocenters. The Morgan fingerprint density at radius 3 is 2.29 bits per heavy atom. The van der Waals surface area contributed by atoms with Crippen LogP contribution < -0.4 is 0 Å². The molecular weight excluding hydrogens is 184 g/mol. The number of rotatable bonds is 1. The SMILES string of the molecule is CC(C)(C)[C@@H]1C[C@H](O)C(O)OC1CO. The van der Waals surface area contributed by atoms with E-state index < -0.39 is 12.4 Å². The lowest BCUT2D eigenvalue weighted by Crippen LogP contribution is -2.49. The second-order valence-corrected chi connectivity index (χ2v) is 5.02. The summed E-state index contributed by atoms with van der Waals surface area (Å²) in [6, 6.07) is 0. The first-order chi connectivity index (χ1) is 6.36. The molecule has 0 spiro atoms. The molecule has 0 aromatic heterocycles. The van der Waals surface area contributed by atoms with Gasteiger partial charge in [-0.2, -0.15) is 0 Å². The van der Waals surface area contributed by atoms with Crippen molar-refractivity contribution in [3.05, 3.63) is 0 Å². The molecule has 0 bridgehead atoms. The molecule has 1 fully saturated rings. The van der Waals surface area contributed by atoms with E-state index in [4.69, 9.17) is 9.84 Å². The van der Waals surface area contributed by atoms with Crippen molar-refractivity contribution >= 4 is 0 Å². The standard InChI is InChI=1S/C10H20O4/c1-10(2,3)6-4-7(12)9(13)14-8(6)5-11/h6-9,11-13H,4-5H2,1-3H3/t6-,7+,8?,9?/m1/s1. The van der Waals surface area contributed by atoms with E-state index in [-0.39, 0.29) is 24.0 Å². The lowest BCUT2D eigenvalue weighted by molar-refractivity contribution is -0.251. The van der Waals surface area contributed by atoms with Crippen LogP contribution in [0.5, 0.6) is 0 Å². The van der Waals surface area contributed by atoms with Crippen LogP contribution in [0.25, 0.3) is 0 Å². The minimum Gasteiger partial charge on any atom is -0.394 e. The van der Waals surface area contributed by atoms with Gasteiger partial charge in [0.05, 0.1) is 12.7 Å². The van der Waals surface area contributed by atoms with Crippen LogP contribution >= 0.6 is 0 Å². The molecule has 0 amide bonds. The molecule has 1 saturated heterocycles. The number of hydrogen-bond donors (Lipinski definition) is 3. The summed E-state index contributed by atoms with van der Waals surface area (Å²) in [6.07, 6.45) is -1.92. The highest BCUT2D eigenvalue weighted by atomic mass is 16.6. The molecule has 1 aliphatic heterocycles. The molecule has 14 heavy (non-hydrogen) atoms. The van der Waals surface area contributed by atoms with Crippen LogP contribution in [0.1, 0.15) is 27.2 Å². The number of aliphatic hydroxyl groups is 3. The second-order valence-electron chi connectivity index (χ2n) is 5.02. The Labute approximate surface area is 84.5 Å². The lowest BCUT2D eigenvalue weighted by atomic mass is 9.73. The van der Waals surface area contributed by atoms with E-state index in [9.17, 15) is 10.2 Å². The van der Waals surface area contributed by atoms with Gasteiger partial charge in [0.15, 0.2) is 6.29 Å². The number of hydrogen-bond acceptors (Lipinski definition) is 4. The van der Waals surface area contributed by atoms with Crippen LogP contribution in [0, 0.1) is 11.3 Å². The average Bonchev–Trinajstić information content (AvgIpc) is 2.07. The smallest absolute Gasteiger partial charge is 0.181 e. The zero-order valence-electron chi connectivity index (χ0n) is 8.97. The fraction of sp³-hybridized carbons (Fsp3) is 1.00. The van der Waals surface area contributed by atoms with E-state index in [1.807, 2.05) is 20.8 Å². The van der Waals surface area contributed by atoms with E-state index >= 15 is 0 Å². The molecule has 4 nitrogen and oxygen atoms in total. The van der Waals surface area contributed by atoms with Gasteiger partial charge >= 0.3 is 0 Å². The zero-order chi connectivity index (χ0) is 10.9. The maximum atomic E-state index is 9.47. The molecule has 4 atom stereocenters. The first-order valence-electron chi connectivity index (χ1n) is 4.98. The summed E-state index contributed by atoms with van der Waals surface area (Å²) in [7, 11) is 0. The van der Waals surface area contributed by atoms with Crippen LogP contribution in [-0.4, -0.2) is 40.4 Å². The van der Waals surface area contributed by atoms with Gasteiger partial charge < -0.3 is 20.1 Å². The molecule has 3 N–H and O–H groups in total. The molecule has 0 aromatic carbocycles. The van der Waals surface area contributed by atoms with Gasteiger partial charge in [0.25, 0.3) is 0 Å². The summed E-state index contributed by atoms with van der Waals surface area (Å²) in [6.45, 7) is 5.99. The third-order valence-corrected chi connectivity index (χ3v) is 2.88. The van der Waals surface area contributed by atoms with Crippen LogP contribution in [0.2, 0.25) is 0 Å². The monoisotopic (exact) mass is 204 g/mol. The summed E-state index contributed by atoms with van der Waals surface area (Å²) < 4.78 is 5.14. The molecule has 1 heterocycles. The number of aliphatic hydroxyl groups excluding tert-OH is 3. The summed E-state index contributed by atoms with van der Waals surface area (Å²) in [5, 5.41) is 27.9. The third-order valence-electron chi connectivity index (χ3n) is 2.88. The highest BCUT2D eigenvalue weighted by Crippen LogP contribution is 2.37. The molecule has 0 radical (unpaired) electrons. The minimum absolute atomic E-state index is 0.0471. The van der Waals surface area contributed by atoms with Crippen LogP contribution in [0.15, 0.2) is 0 Å². The summed E-state index contributed by atoms with van der Waals surface area (Å²) in [5.74, 6) is 0.0610. The van der Waals surface area contributed by atoms with Crippen molar-refractivity contribution in [1.29, 1.82) is 0 Å². The molecular formula is C10H20O4. The molecule has 0 saturated carbocycles. The molecule has 1 aliphatic rings. The van der Waals surface area contributed by atoms with Crippen molar-refractivity contribution in [3.63, 3.8) is 0 Å². The fourth-order valence-corrected chi connectivity index (χ4v) is 1.97. The van der Waals surface area contributed by atoms with Crippen molar-refractivity contribution in [2.75, 3.05) is 6.61 Å². The quantitative estimate of drug-likeness (QED) is 0.567. The highest BCUT2D eigenvalue weighted by molar-refractivity contribution is 4.87. The van der Waals surface area contributed by atoms with E-state index in [0.717, 1.165) is 0 Å². The van der Waals surface area contributed by atoms with Crippen molar-refractivity contribution in [3.8, 4) is 0 Å². The Hall–Kier alpha value is -0.160. The molecule has 4 heteroatoms. The molecule has 0 aliphatic carbocycles. The van der Waals surface area contributed by atoms with Crippen LogP contribution in [-0.2, 0) is 4.74 Å². The van der Waals surface area contributed by atoms with E-state index in [2.05, 4.69) is 0 Å². The summed E-state index contributed by atoms with van der Waals surface area (Å²) >= 11 is 0. The maximum Gasteiger partial charge on any atom is 0.181 e. The van der Waals surface area contributed by atoms with Crippen molar-refractivity contribution in [2.45, 2.75) is 45.7 Å². The van der Waals surface area contributed by atoms with Gasteiger partial charge in [-0.15, -0.1) is 0 Å². The van der Waals surface area contributed by atoms with Crippen LogP contribution in [0.3, 0.4) is 0 Å². The van der Waals surface area contributed by atoms with E-state index in [1.165, 1.54) is 0 Å². The Balaban J connectivity index is 2.73. The second kappa shape index (κ2) is 4.14. The summed E-state index contributed by atoms with van der Waals surface area (Å²) in [4.78, 5) is 0. The predicted molar refractivity (Wildman–Crippen MR) is 51.5 cm³/mol. The van der Waals surface area contributed by atoms with Gasteiger partial charge in [0, 0.05) is 0 Å². The molecule has 84 valence electrons. The third kappa shape index (κ3) is 2.45. The fourth-order valence-electron chi connectivity index (χ4n) is 1.97. The van der Waals surface area contributed by atoms with E-state index in [1.54, 1.807) is 0 Å². The highest BCUT2D eigenvalue weighted by Gasteiger charge is 2.41. The van der Waals surface area contributed by atoms with Gasteiger partial charge in [-0.3, -0.25) is 0 Å². The Kier molecular flexibility index (Phi) is 3.53. The van der Waals surface area contributed by atoms with Crippen LogP contribution in [0.4, 0.5) is 0 Å². The van der Waals surface area contributed by atoms with Crippen molar-refractivity contribution < 1.29 is 20.1 Å². The van der Waals surface area contributed by atoms with Crippen molar-refractivity contribution in [2.24, 2.45) is 11.3 Å². The normalized spacial score (nSPS) is 39.9. The lowest BCUT2D eigenvalue weighted by Gasteiger charge is -2.43. The minimum atomic E-state index is -1.16. The van der Waals surface area contributed by atoms with Crippen molar-refractivity contribution in [1.82, 2.24) is 0 Å². The summed E-state index contributed by atoms with van der Waals surface area (Å²) in [5.41, 5.74) is -0.0471. The molecule has 1 rings (SSSR count). The Morgan fingerprint density at radius 1 is 1.29 bits per heavy atom. The largest absolute Gasteiger partial charge is 0.394 e. The first kappa shape index (κ1) is 11.9. The van der Waals surface area contributed by atoms with Gasteiger partial charge in [-0.1, -0.05) is 20.8 Å².